The molecule has 0 spiro atoms. The Bertz CT molecular complexity index is 171. The molecule has 0 rings (SSSR count). The Kier molecular flexibility index (Phi) is 6.91. The van der Waals surface area contributed by atoms with Crippen molar-refractivity contribution < 1.29 is 10.0 Å². The maximum atomic E-state index is 10.7. The van der Waals surface area contributed by atoms with Crippen molar-refractivity contribution >= 4 is 12.1 Å². The van der Waals surface area contributed by atoms with Gasteiger partial charge in [-0.1, -0.05) is 12.1 Å². The Labute approximate surface area is 78.4 Å². The lowest BCUT2D eigenvalue weighted by Gasteiger charge is -2.12. The van der Waals surface area contributed by atoms with Crippen molar-refractivity contribution in [2.24, 2.45) is 5.16 Å². The van der Waals surface area contributed by atoms with Crippen LogP contribution < -0.4 is 5.32 Å². The number of nitrogens with one attached hydrogen (secondary N) is 1. The molecule has 5 heteroatoms. The predicted molar refractivity (Wildman–Crippen MR) is 51.1 cm³/mol. The zero-order valence-corrected chi connectivity index (χ0v) is 8.16. The number of nitrogens with zero attached hydrogens (tertiary/aromatic N) is 2. The first-order chi connectivity index (χ1) is 6.20. The van der Waals surface area contributed by atoms with E-state index in [0.29, 0.717) is 6.54 Å². The van der Waals surface area contributed by atoms with Crippen LogP contribution in [0, 0.1) is 0 Å². The second-order valence-corrected chi connectivity index (χ2v) is 2.79. The van der Waals surface area contributed by atoms with E-state index in [1.54, 1.807) is 0 Å². The van der Waals surface area contributed by atoms with Crippen molar-refractivity contribution in [1.82, 2.24) is 10.2 Å². The normalized spacial score (nSPS) is 11.0. The lowest BCUT2D eigenvalue weighted by atomic mass is 10.4. The molecule has 2 N–H and O–H groups in total. The third-order valence-electron chi connectivity index (χ3n) is 1.73. The molecule has 0 heterocycles. The van der Waals surface area contributed by atoms with Gasteiger partial charge in [-0.25, -0.2) is 0 Å². The van der Waals surface area contributed by atoms with Gasteiger partial charge in [0.15, 0.2) is 0 Å². The third-order valence-corrected chi connectivity index (χ3v) is 1.73. The molecule has 0 atom stereocenters. The van der Waals surface area contributed by atoms with Crippen LogP contribution in [0.5, 0.6) is 0 Å². The maximum absolute atomic E-state index is 10.7. The van der Waals surface area contributed by atoms with Crippen LogP contribution in [0.3, 0.4) is 0 Å². The summed E-state index contributed by atoms with van der Waals surface area (Å²) in [5.74, 6) is -0.360. The van der Waals surface area contributed by atoms with E-state index >= 15 is 0 Å². The highest BCUT2D eigenvalue weighted by Gasteiger charge is 1.96. The Balaban J connectivity index is 3.30. The van der Waals surface area contributed by atoms with Gasteiger partial charge >= 0.3 is 0 Å². The average Bonchev–Trinajstić information content (AvgIpc) is 2.12. The smallest absolute Gasteiger partial charge is 0.265 e. The van der Waals surface area contributed by atoms with E-state index in [4.69, 9.17) is 5.21 Å². The van der Waals surface area contributed by atoms with E-state index in [9.17, 15) is 4.79 Å². The van der Waals surface area contributed by atoms with E-state index in [1.807, 2.05) is 7.05 Å². The number of oxime groups is 1. The highest BCUT2D eigenvalue weighted by molar-refractivity contribution is 6.25. The van der Waals surface area contributed by atoms with E-state index in [-0.39, 0.29) is 5.91 Å². The molecular weight excluding hydrogens is 170 g/mol. The van der Waals surface area contributed by atoms with Crippen LogP contribution in [0.15, 0.2) is 5.16 Å². The maximum Gasteiger partial charge on any atom is 0.265 e. The topological polar surface area (TPSA) is 64.9 Å². The summed E-state index contributed by atoms with van der Waals surface area (Å²) in [5.41, 5.74) is 0. The molecule has 0 aliphatic carbocycles. The second-order valence-electron chi connectivity index (χ2n) is 2.79. The molecule has 0 bridgehead atoms. The SMILES string of the molecule is CCN(C)CCCNC(=O)/C=N\O. The van der Waals surface area contributed by atoms with Crippen LogP contribution >= 0.6 is 0 Å². The van der Waals surface area contributed by atoms with E-state index in [2.05, 4.69) is 22.3 Å². The van der Waals surface area contributed by atoms with Crippen molar-refractivity contribution in [2.75, 3.05) is 26.7 Å². The molecule has 0 saturated heterocycles. The molecule has 0 aromatic heterocycles. The molecule has 13 heavy (non-hydrogen) atoms. The summed E-state index contributed by atoms with van der Waals surface area (Å²) in [7, 11) is 2.02. The predicted octanol–water partition coefficient (Wildman–Crippen LogP) is -0.0956. The summed E-state index contributed by atoms with van der Waals surface area (Å²) in [6.45, 7) is 4.64. The van der Waals surface area contributed by atoms with Crippen molar-refractivity contribution in [1.29, 1.82) is 0 Å². The number of amides is 1. The minimum absolute atomic E-state index is 0.360. The average molecular weight is 187 g/mol. The summed E-state index contributed by atoms with van der Waals surface area (Å²) >= 11 is 0. The Morgan fingerprint density at radius 2 is 2.38 bits per heavy atom. The number of rotatable bonds is 6. The zero-order valence-electron chi connectivity index (χ0n) is 8.16. The lowest BCUT2D eigenvalue weighted by Crippen LogP contribution is -2.28. The summed E-state index contributed by atoms with van der Waals surface area (Å²) in [6, 6.07) is 0. The van der Waals surface area contributed by atoms with Gasteiger partial charge in [0.05, 0.1) is 0 Å². The molecule has 0 aliphatic heterocycles. The molecule has 0 saturated carbocycles. The highest BCUT2D eigenvalue weighted by atomic mass is 16.4. The largest absolute Gasteiger partial charge is 0.411 e. The third kappa shape index (κ3) is 7.27. The molecule has 76 valence electrons. The van der Waals surface area contributed by atoms with Crippen LogP contribution in [-0.4, -0.2) is 48.9 Å². The van der Waals surface area contributed by atoms with Gasteiger partial charge in [-0.3, -0.25) is 4.79 Å². The fourth-order valence-corrected chi connectivity index (χ4v) is 0.817. The van der Waals surface area contributed by atoms with Crippen molar-refractivity contribution in [3.8, 4) is 0 Å². The summed E-state index contributed by atoms with van der Waals surface area (Å²) in [4.78, 5) is 12.9. The first-order valence-corrected chi connectivity index (χ1v) is 4.34. The number of carbonyl (C=O) groups excluding carboxylic acids is 1. The van der Waals surface area contributed by atoms with Crippen molar-refractivity contribution in [3.63, 3.8) is 0 Å². The molecule has 0 aliphatic rings. The molecule has 0 aromatic rings. The van der Waals surface area contributed by atoms with Crippen molar-refractivity contribution in [3.05, 3.63) is 0 Å². The van der Waals surface area contributed by atoms with E-state index < -0.39 is 0 Å². The zero-order chi connectivity index (χ0) is 10.1. The first kappa shape index (κ1) is 11.9. The van der Waals surface area contributed by atoms with E-state index in [1.165, 1.54) is 0 Å². The van der Waals surface area contributed by atoms with Crippen LogP contribution in [0.25, 0.3) is 0 Å². The Morgan fingerprint density at radius 1 is 1.69 bits per heavy atom. The summed E-state index contributed by atoms with van der Waals surface area (Å²) in [5, 5.41) is 13.2. The summed E-state index contributed by atoms with van der Waals surface area (Å²) < 4.78 is 0. The van der Waals surface area contributed by atoms with Gasteiger partial charge in [-0.05, 0) is 26.6 Å². The van der Waals surface area contributed by atoms with Gasteiger partial charge in [0.25, 0.3) is 5.91 Å². The first-order valence-electron chi connectivity index (χ1n) is 4.34. The van der Waals surface area contributed by atoms with Gasteiger partial charge in [-0.15, -0.1) is 0 Å². The fourth-order valence-electron chi connectivity index (χ4n) is 0.817. The van der Waals surface area contributed by atoms with Crippen LogP contribution in [0.2, 0.25) is 0 Å². The Hall–Kier alpha value is -1.10. The number of hydrogen-bond acceptors (Lipinski definition) is 4. The Morgan fingerprint density at radius 3 is 2.92 bits per heavy atom. The molecule has 0 aromatic carbocycles. The monoisotopic (exact) mass is 187 g/mol. The van der Waals surface area contributed by atoms with E-state index in [0.717, 1.165) is 25.7 Å². The minimum Gasteiger partial charge on any atom is -0.411 e. The quantitative estimate of drug-likeness (QED) is 0.264. The van der Waals surface area contributed by atoms with Crippen LogP contribution in [0.1, 0.15) is 13.3 Å². The van der Waals surface area contributed by atoms with Gasteiger partial charge in [0.2, 0.25) is 0 Å². The number of hydrogen-bond donors (Lipinski definition) is 2. The second kappa shape index (κ2) is 7.54. The fraction of sp³-hybridized carbons (Fsp3) is 0.750. The standard InChI is InChI=1S/C8H17N3O2/c1-3-11(2)6-4-5-9-8(12)7-10-13/h7,13H,3-6H2,1-2H3,(H,9,12)/b10-7-. The van der Waals surface area contributed by atoms with Crippen LogP contribution in [0.4, 0.5) is 0 Å². The van der Waals surface area contributed by atoms with Gasteiger partial charge in [0.1, 0.15) is 6.21 Å². The minimum atomic E-state index is -0.360. The molecular formula is C8H17N3O2. The lowest BCUT2D eigenvalue weighted by molar-refractivity contribution is -0.114. The van der Waals surface area contributed by atoms with Crippen molar-refractivity contribution in [2.45, 2.75) is 13.3 Å². The number of carbonyl (C=O) groups is 1. The van der Waals surface area contributed by atoms with Crippen LogP contribution in [-0.2, 0) is 4.79 Å². The molecule has 5 nitrogen and oxygen atoms in total. The van der Waals surface area contributed by atoms with Gasteiger partial charge in [0, 0.05) is 6.54 Å². The molecule has 0 unspecified atom stereocenters. The highest BCUT2D eigenvalue weighted by Crippen LogP contribution is 1.84. The van der Waals surface area contributed by atoms with Gasteiger partial charge in [-0.2, -0.15) is 0 Å². The molecule has 0 fully saturated rings. The molecule has 1 amide bonds. The summed E-state index contributed by atoms with van der Waals surface area (Å²) in [6.07, 6.45) is 1.75. The van der Waals surface area contributed by atoms with Gasteiger partial charge < -0.3 is 15.4 Å². The molecule has 0 radical (unpaired) electrons.